The maximum atomic E-state index is 12.6. The Kier molecular flexibility index (Phi) is 3.80. The second kappa shape index (κ2) is 4.78. The van der Waals surface area contributed by atoms with Crippen LogP contribution in [0.5, 0.6) is 0 Å². The van der Waals surface area contributed by atoms with Gasteiger partial charge in [0.05, 0.1) is 5.88 Å². The average molecular weight is 308 g/mol. The Morgan fingerprint density at radius 1 is 1.50 bits per heavy atom. The van der Waals surface area contributed by atoms with Gasteiger partial charge < -0.3 is 0 Å². The first-order chi connectivity index (χ1) is 8.29. The molecular weight excluding hydrogens is 290 g/mol. The molecule has 0 N–H and O–H groups in total. The highest BCUT2D eigenvalue weighted by Crippen LogP contribution is 2.37. The highest BCUT2D eigenvalue weighted by atomic mass is 35.5. The molecule has 1 saturated heterocycles. The minimum Gasteiger partial charge on any atom is -0.206 e. The summed E-state index contributed by atoms with van der Waals surface area (Å²) in [6.45, 7) is 6.49. The van der Waals surface area contributed by atoms with E-state index in [4.69, 9.17) is 11.6 Å². The van der Waals surface area contributed by atoms with Crippen LogP contribution in [-0.2, 0) is 15.9 Å². The quantitative estimate of drug-likeness (QED) is 0.803. The van der Waals surface area contributed by atoms with Crippen molar-refractivity contribution in [3.63, 3.8) is 0 Å². The molecule has 1 aliphatic heterocycles. The molecule has 1 aromatic heterocycles. The van der Waals surface area contributed by atoms with Crippen molar-refractivity contribution in [3.05, 3.63) is 16.5 Å². The molecule has 2 rings (SSSR count). The van der Waals surface area contributed by atoms with E-state index in [1.54, 1.807) is 10.4 Å². The molecule has 102 valence electrons. The summed E-state index contributed by atoms with van der Waals surface area (Å²) < 4.78 is 27.3. The lowest BCUT2D eigenvalue weighted by atomic mass is 10.0. The molecule has 0 unspecified atom stereocenters. The van der Waals surface area contributed by atoms with Gasteiger partial charge in [-0.1, -0.05) is 0 Å². The third-order valence-corrected chi connectivity index (χ3v) is 7.71. The zero-order chi connectivity index (χ0) is 13.6. The van der Waals surface area contributed by atoms with Crippen molar-refractivity contribution < 1.29 is 8.42 Å². The fourth-order valence-corrected chi connectivity index (χ4v) is 6.16. The van der Waals surface area contributed by atoms with Crippen molar-refractivity contribution in [1.29, 1.82) is 0 Å². The number of thiophene rings is 1. The second-order valence-corrected chi connectivity index (χ2v) is 8.79. The fourth-order valence-electron chi connectivity index (χ4n) is 2.39. The van der Waals surface area contributed by atoms with Crippen molar-refractivity contribution in [1.82, 2.24) is 4.31 Å². The van der Waals surface area contributed by atoms with Gasteiger partial charge in [-0.15, -0.1) is 22.9 Å². The monoisotopic (exact) mass is 307 g/mol. The number of nitrogens with zero attached hydrogens (tertiary/aromatic N) is 1. The Bertz CT molecular complexity index is 548. The molecule has 0 aromatic carbocycles. The predicted molar refractivity (Wildman–Crippen MR) is 75.8 cm³/mol. The molecule has 1 aliphatic rings. The Hall–Kier alpha value is -0.100. The molecule has 18 heavy (non-hydrogen) atoms. The molecule has 0 atom stereocenters. The van der Waals surface area contributed by atoms with E-state index < -0.39 is 10.0 Å². The third-order valence-electron chi connectivity index (χ3n) is 3.49. The van der Waals surface area contributed by atoms with Gasteiger partial charge in [-0.3, -0.25) is 0 Å². The first-order valence-electron chi connectivity index (χ1n) is 5.97. The van der Waals surface area contributed by atoms with Crippen LogP contribution < -0.4 is 0 Å². The molecule has 6 heteroatoms. The van der Waals surface area contributed by atoms with Gasteiger partial charge in [0.25, 0.3) is 10.0 Å². The molecule has 0 bridgehead atoms. The normalized spacial score (nSPS) is 20.4. The number of rotatable bonds is 3. The summed E-state index contributed by atoms with van der Waals surface area (Å²) >= 11 is 7.11. The summed E-state index contributed by atoms with van der Waals surface area (Å²) in [7, 11) is -3.36. The van der Waals surface area contributed by atoms with E-state index in [1.165, 1.54) is 11.3 Å². The molecule has 0 amide bonds. The molecule has 0 aliphatic carbocycles. The van der Waals surface area contributed by atoms with E-state index in [1.807, 2.05) is 20.8 Å². The van der Waals surface area contributed by atoms with Crippen molar-refractivity contribution in [2.24, 2.45) is 0 Å². The summed E-state index contributed by atoms with van der Waals surface area (Å²) in [4.78, 5) is 0.937. The molecule has 0 spiro atoms. The van der Waals surface area contributed by atoms with Crippen LogP contribution in [0, 0.1) is 6.92 Å². The van der Waals surface area contributed by atoms with Gasteiger partial charge in [-0.25, -0.2) is 8.42 Å². The first-order valence-corrected chi connectivity index (χ1v) is 8.76. The average Bonchev–Trinajstić information content (AvgIpc) is 2.81. The Morgan fingerprint density at radius 3 is 2.61 bits per heavy atom. The second-order valence-electron chi connectivity index (χ2n) is 5.30. The van der Waals surface area contributed by atoms with Crippen molar-refractivity contribution >= 4 is 33.0 Å². The number of hydrogen-bond donors (Lipinski definition) is 0. The molecule has 2 heterocycles. The number of aryl methyl sites for hydroxylation is 1. The predicted octanol–water partition coefficient (Wildman–Crippen LogP) is 3.36. The van der Waals surface area contributed by atoms with Crippen LogP contribution in [0.4, 0.5) is 0 Å². The zero-order valence-corrected chi connectivity index (χ0v) is 13.3. The Balaban J connectivity index is 2.42. The number of alkyl halides is 1. The Labute approximate surface area is 118 Å². The van der Waals surface area contributed by atoms with Crippen LogP contribution in [0.1, 0.15) is 37.1 Å². The lowest BCUT2D eigenvalue weighted by Gasteiger charge is -2.29. The van der Waals surface area contributed by atoms with Gasteiger partial charge in [0.2, 0.25) is 0 Å². The Morgan fingerprint density at radius 2 is 2.17 bits per heavy atom. The number of hydrogen-bond acceptors (Lipinski definition) is 3. The summed E-state index contributed by atoms with van der Waals surface area (Å²) in [5.74, 6) is 0.370. The van der Waals surface area contributed by atoms with Crippen molar-refractivity contribution in [3.8, 4) is 0 Å². The fraction of sp³-hybridized carbons (Fsp3) is 0.667. The number of halogens is 1. The standard InChI is InChI=1S/C12H18ClNO2S2/c1-9-7-11(17-10(9)8-13)18(15,16)14-6-4-5-12(14,2)3/h7H,4-6,8H2,1-3H3. The van der Waals surface area contributed by atoms with E-state index in [0.29, 0.717) is 16.6 Å². The zero-order valence-electron chi connectivity index (χ0n) is 10.9. The lowest BCUT2D eigenvalue weighted by Crippen LogP contribution is -2.42. The molecule has 1 fully saturated rings. The summed E-state index contributed by atoms with van der Waals surface area (Å²) in [6, 6.07) is 1.74. The van der Waals surface area contributed by atoms with Crippen molar-refractivity contribution in [2.75, 3.05) is 6.54 Å². The third kappa shape index (κ3) is 2.33. The van der Waals surface area contributed by atoms with E-state index in [9.17, 15) is 8.42 Å². The summed E-state index contributed by atoms with van der Waals surface area (Å²) in [6.07, 6.45) is 1.85. The van der Waals surface area contributed by atoms with Crippen molar-refractivity contribution in [2.45, 2.75) is 49.2 Å². The molecule has 3 nitrogen and oxygen atoms in total. The van der Waals surface area contributed by atoms with Gasteiger partial charge in [0.15, 0.2) is 0 Å². The van der Waals surface area contributed by atoms with E-state index in [-0.39, 0.29) is 5.54 Å². The molecule has 0 saturated carbocycles. The molecule has 1 aromatic rings. The van der Waals surface area contributed by atoms with Gasteiger partial charge in [0, 0.05) is 17.0 Å². The largest absolute Gasteiger partial charge is 0.253 e. The SMILES string of the molecule is Cc1cc(S(=O)(=O)N2CCCC2(C)C)sc1CCl. The number of sulfonamides is 1. The smallest absolute Gasteiger partial charge is 0.206 e. The van der Waals surface area contributed by atoms with Crippen LogP contribution in [0.3, 0.4) is 0 Å². The summed E-state index contributed by atoms with van der Waals surface area (Å²) in [5, 5.41) is 0. The van der Waals surface area contributed by atoms with E-state index in [0.717, 1.165) is 23.3 Å². The van der Waals surface area contributed by atoms with Gasteiger partial charge in [-0.05, 0) is 45.2 Å². The maximum absolute atomic E-state index is 12.6. The van der Waals surface area contributed by atoms with E-state index in [2.05, 4.69) is 0 Å². The minimum atomic E-state index is -3.36. The molecule has 0 radical (unpaired) electrons. The highest BCUT2D eigenvalue weighted by Gasteiger charge is 2.41. The maximum Gasteiger partial charge on any atom is 0.253 e. The van der Waals surface area contributed by atoms with Crippen LogP contribution in [0.25, 0.3) is 0 Å². The van der Waals surface area contributed by atoms with Crippen LogP contribution >= 0.6 is 22.9 Å². The van der Waals surface area contributed by atoms with Crippen LogP contribution in [-0.4, -0.2) is 24.8 Å². The van der Waals surface area contributed by atoms with Gasteiger partial charge in [-0.2, -0.15) is 4.31 Å². The topological polar surface area (TPSA) is 37.4 Å². The lowest BCUT2D eigenvalue weighted by molar-refractivity contribution is 0.292. The first kappa shape index (κ1) is 14.3. The van der Waals surface area contributed by atoms with E-state index >= 15 is 0 Å². The van der Waals surface area contributed by atoms with Crippen LogP contribution in [0.2, 0.25) is 0 Å². The summed E-state index contributed by atoms with van der Waals surface area (Å²) in [5.41, 5.74) is 0.684. The van der Waals surface area contributed by atoms with Gasteiger partial charge in [0.1, 0.15) is 4.21 Å². The minimum absolute atomic E-state index is 0.280. The van der Waals surface area contributed by atoms with Gasteiger partial charge >= 0.3 is 0 Å². The van der Waals surface area contributed by atoms with Crippen LogP contribution in [0.15, 0.2) is 10.3 Å². The molecular formula is C12H18ClNO2S2. The highest BCUT2D eigenvalue weighted by molar-refractivity contribution is 7.91.